The predicted molar refractivity (Wildman–Crippen MR) is 90.1 cm³/mol. The molecule has 6 heteroatoms. The second-order valence-corrected chi connectivity index (χ2v) is 6.12. The Bertz CT molecular complexity index is 702. The maximum absolute atomic E-state index is 12.2. The first-order valence-electron chi connectivity index (χ1n) is 7.81. The minimum Gasteiger partial charge on any atom is -0.369 e. The third-order valence-electron chi connectivity index (χ3n) is 4.05. The van der Waals surface area contributed by atoms with Crippen molar-refractivity contribution < 1.29 is 9.32 Å². The van der Waals surface area contributed by atoms with Crippen LogP contribution in [0.3, 0.4) is 0 Å². The van der Waals surface area contributed by atoms with Gasteiger partial charge in [0.15, 0.2) is 5.69 Å². The average molecular weight is 314 g/mol. The molecule has 3 rings (SSSR count). The first kappa shape index (κ1) is 15.6. The zero-order valence-corrected chi connectivity index (χ0v) is 13.8. The summed E-state index contributed by atoms with van der Waals surface area (Å²) in [5, 5.41) is 6.65. The van der Waals surface area contributed by atoms with Gasteiger partial charge in [0.25, 0.3) is 5.91 Å². The summed E-state index contributed by atoms with van der Waals surface area (Å²) in [5.41, 5.74) is 3.34. The van der Waals surface area contributed by atoms with E-state index in [4.69, 9.17) is 4.52 Å². The Balaban J connectivity index is 1.76. The van der Waals surface area contributed by atoms with Gasteiger partial charge in [-0.15, -0.1) is 0 Å². The molecule has 1 aliphatic rings. The lowest BCUT2D eigenvalue weighted by atomic mass is 10.1. The second-order valence-electron chi connectivity index (χ2n) is 6.12. The van der Waals surface area contributed by atoms with Crippen molar-refractivity contribution in [1.82, 2.24) is 10.1 Å². The first-order chi connectivity index (χ1) is 11.0. The second kappa shape index (κ2) is 6.42. The van der Waals surface area contributed by atoms with Crippen LogP contribution in [0.2, 0.25) is 0 Å². The van der Waals surface area contributed by atoms with Crippen LogP contribution in [0, 0.1) is 13.8 Å². The normalized spacial score (nSPS) is 15.7. The standard InChI is InChI=1S/C17H22N4O2/c1-12-8-14(18-17(22)16-10-13(2)23-19-16)11-15(9-12)21-6-4-20(3)5-7-21/h8-11H,4-7H2,1-3H3,(H,18,22). The van der Waals surface area contributed by atoms with Gasteiger partial charge in [-0.25, -0.2) is 0 Å². The van der Waals surface area contributed by atoms with Crippen LogP contribution < -0.4 is 10.2 Å². The highest BCUT2D eigenvalue weighted by molar-refractivity contribution is 6.03. The minimum absolute atomic E-state index is 0.253. The van der Waals surface area contributed by atoms with Crippen LogP contribution in [0.5, 0.6) is 0 Å². The van der Waals surface area contributed by atoms with Crippen LogP contribution in [0.25, 0.3) is 0 Å². The van der Waals surface area contributed by atoms with Crippen LogP contribution in [-0.2, 0) is 0 Å². The lowest BCUT2D eigenvalue weighted by molar-refractivity contribution is 0.101. The van der Waals surface area contributed by atoms with Gasteiger partial charge in [0.2, 0.25) is 0 Å². The van der Waals surface area contributed by atoms with Gasteiger partial charge < -0.3 is 19.6 Å². The Hall–Kier alpha value is -2.34. The van der Waals surface area contributed by atoms with Gasteiger partial charge in [0.1, 0.15) is 5.76 Å². The molecule has 1 aliphatic heterocycles. The number of hydrogen-bond donors (Lipinski definition) is 1. The van der Waals surface area contributed by atoms with Crippen LogP contribution in [-0.4, -0.2) is 49.2 Å². The largest absolute Gasteiger partial charge is 0.369 e. The van der Waals surface area contributed by atoms with Crippen molar-refractivity contribution in [2.24, 2.45) is 0 Å². The lowest BCUT2D eigenvalue weighted by Crippen LogP contribution is -2.44. The van der Waals surface area contributed by atoms with Gasteiger partial charge in [-0.05, 0) is 44.7 Å². The van der Waals surface area contributed by atoms with Crippen molar-refractivity contribution >= 4 is 17.3 Å². The smallest absolute Gasteiger partial charge is 0.277 e. The number of carbonyl (C=O) groups is 1. The zero-order chi connectivity index (χ0) is 16.4. The number of piperazine rings is 1. The van der Waals surface area contributed by atoms with Crippen LogP contribution in [0.4, 0.5) is 11.4 Å². The summed E-state index contributed by atoms with van der Waals surface area (Å²) in [5.74, 6) is 0.370. The van der Waals surface area contributed by atoms with E-state index >= 15 is 0 Å². The molecule has 1 N–H and O–H groups in total. The number of nitrogens with one attached hydrogen (secondary N) is 1. The van der Waals surface area contributed by atoms with E-state index in [0.717, 1.165) is 43.1 Å². The Labute approximate surface area is 136 Å². The lowest BCUT2D eigenvalue weighted by Gasteiger charge is -2.34. The maximum atomic E-state index is 12.2. The number of amides is 1. The van der Waals surface area contributed by atoms with E-state index < -0.39 is 0 Å². The van der Waals surface area contributed by atoms with Crippen molar-refractivity contribution in [3.05, 3.63) is 41.3 Å². The first-order valence-corrected chi connectivity index (χ1v) is 7.81. The molecule has 1 fully saturated rings. The molecule has 2 aromatic rings. The molecule has 0 unspecified atom stereocenters. The molecule has 1 aromatic carbocycles. The molecule has 0 saturated carbocycles. The number of anilines is 2. The van der Waals surface area contributed by atoms with E-state index in [9.17, 15) is 4.79 Å². The van der Waals surface area contributed by atoms with E-state index in [0.29, 0.717) is 11.5 Å². The average Bonchev–Trinajstić information content (AvgIpc) is 2.94. The third kappa shape index (κ3) is 3.71. The Kier molecular flexibility index (Phi) is 4.34. The molecule has 0 spiro atoms. The fraction of sp³-hybridized carbons (Fsp3) is 0.412. The SMILES string of the molecule is Cc1cc(NC(=O)c2cc(C)on2)cc(N2CCN(C)CC2)c1. The summed E-state index contributed by atoms with van der Waals surface area (Å²) >= 11 is 0. The minimum atomic E-state index is -0.253. The molecule has 23 heavy (non-hydrogen) atoms. The van der Waals surface area contributed by atoms with E-state index in [-0.39, 0.29) is 5.91 Å². The van der Waals surface area contributed by atoms with Gasteiger partial charge in [-0.1, -0.05) is 5.16 Å². The summed E-state index contributed by atoms with van der Waals surface area (Å²) < 4.78 is 4.95. The van der Waals surface area contributed by atoms with Crippen molar-refractivity contribution in [3.63, 3.8) is 0 Å². The highest BCUT2D eigenvalue weighted by Crippen LogP contribution is 2.23. The van der Waals surface area contributed by atoms with E-state index in [1.807, 2.05) is 19.1 Å². The number of aromatic nitrogens is 1. The zero-order valence-electron chi connectivity index (χ0n) is 13.8. The maximum Gasteiger partial charge on any atom is 0.277 e. The molecule has 1 saturated heterocycles. The topological polar surface area (TPSA) is 61.6 Å². The molecule has 2 heterocycles. The number of benzene rings is 1. The number of rotatable bonds is 3. The van der Waals surface area contributed by atoms with Gasteiger partial charge in [0.05, 0.1) is 0 Å². The van der Waals surface area contributed by atoms with Crippen molar-refractivity contribution in [2.45, 2.75) is 13.8 Å². The van der Waals surface area contributed by atoms with Crippen LogP contribution in [0.1, 0.15) is 21.8 Å². The fourth-order valence-corrected chi connectivity index (χ4v) is 2.75. The summed E-state index contributed by atoms with van der Waals surface area (Å²) in [6, 6.07) is 7.77. The van der Waals surface area contributed by atoms with E-state index in [2.05, 4.69) is 33.4 Å². The molecular formula is C17H22N4O2. The molecule has 122 valence electrons. The van der Waals surface area contributed by atoms with Gasteiger partial charge in [0, 0.05) is 43.6 Å². The van der Waals surface area contributed by atoms with Gasteiger partial charge >= 0.3 is 0 Å². The van der Waals surface area contributed by atoms with Crippen LogP contribution in [0.15, 0.2) is 28.8 Å². The molecular weight excluding hydrogens is 292 g/mol. The molecule has 0 aliphatic carbocycles. The summed E-state index contributed by atoms with van der Waals surface area (Å²) in [6.07, 6.45) is 0. The molecule has 1 amide bonds. The quantitative estimate of drug-likeness (QED) is 0.942. The fourth-order valence-electron chi connectivity index (χ4n) is 2.75. The number of carbonyl (C=O) groups excluding carboxylic acids is 1. The number of likely N-dealkylation sites (N-methyl/N-ethyl adjacent to an activating group) is 1. The summed E-state index contributed by atoms with van der Waals surface area (Å²) in [7, 11) is 2.14. The van der Waals surface area contributed by atoms with Crippen LogP contribution >= 0.6 is 0 Å². The molecule has 1 aromatic heterocycles. The van der Waals surface area contributed by atoms with Crippen molar-refractivity contribution in [3.8, 4) is 0 Å². The Morgan fingerprint density at radius 3 is 2.52 bits per heavy atom. The Morgan fingerprint density at radius 1 is 1.13 bits per heavy atom. The highest BCUT2D eigenvalue weighted by Gasteiger charge is 2.16. The number of hydrogen-bond acceptors (Lipinski definition) is 5. The van der Waals surface area contributed by atoms with Gasteiger partial charge in [-0.2, -0.15) is 0 Å². The molecule has 6 nitrogen and oxygen atoms in total. The van der Waals surface area contributed by atoms with Gasteiger partial charge in [-0.3, -0.25) is 4.79 Å². The Morgan fingerprint density at radius 2 is 1.87 bits per heavy atom. The third-order valence-corrected chi connectivity index (χ3v) is 4.05. The number of nitrogens with zero attached hydrogens (tertiary/aromatic N) is 3. The van der Waals surface area contributed by atoms with Crippen molar-refractivity contribution in [1.29, 1.82) is 0 Å². The van der Waals surface area contributed by atoms with E-state index in [1.54, 1.807) is 13.0 Å². The van der Waals surface area contributed by atoms with E-state index in [1.165, 1.54) is 0 Å². The monoisotopic (exact) mass is 314 g/mol. The summed E-state index contributed by atoms with van der Waals surface area (Å²) in [6.45, 7) is 7.89. The predicted octanol–water partition coefficient (Wildman–Crippen LogP) is 2.30. The molecule has 0 bridgehead atoms. The number of aryl methyl sites for hydroxylation is 2. The molecule has 0 radical (unpaired) electrons. The summed E-state index contributed by atoms with van der Waals surface area (Å²) in [4.78, 5) is 16.9. The van der Waals surface area contributed by atoms with Crippen molar-refractivity contribution in [2.75, 3.05) is 43.4 Å². The molecule has 0 atom stereocenters. The highest BCUT2D eigenvalue weighted by atomic mass is 16.5.